The van der Waals surface area contributed by atoms with Gasteiger partial charge in [0.05, 0.1) is 0 Å². The first kappa shape index (κ1) is 23.9. The molecule has 5 aromatic carbocycles. The Kier molecular flexibility index (Phi) is 7.20. The quantitative estimate of drug-likeness (QED) is 0.281. The first-order chi connectivity index (χ1) is 17.4. The van der Waals surface area contributed by atoms with Crippen LogP contribution in [0.5, 0.6) is 0 Å². The Morgan fingerprint density at radius 3 is 0.944 bits per heavy atom. The molecular weight excluding hydrogens is 427 g/mol. The normalized spacial score (nSPS) is 13.6. The zero-order valence-electron chi connectivity index (χ0n) is 21.5. The standard InChI is InChI=1S/C35H26.Li.H/c1-6-16-26(17-7-1)31-32(27-18-8-2-9-19-27)34(29-22-12-4-13-23-29)35(30-24-14-5-15-25-30)33(31)28-20-10-3-11-21-28;;/h1-25,31H;;/q;+1;-1. The summed E-state index contributed by atoms with van der Waals surface area (Å²) < 4.78 is 0. The van der Waals surface area contributed by atoms with Crippen molar-refractivity contribution in [3.8, 4) is 0 Å². The van der Waals surface area contributed by atoms with Crippen molar-refractivity contribution in [3.63, 3.8) is 0 Å². The maximum atomic E-state index is 2.27. The van der Waals surface area contributed by atoms with Crippen molar-refractivity contribution in [2.75, 3.05) is 0 Å². The molecule has 6 rings (SSSR count). The second-order valence-electron chi connectivity index (χ2n) is 8.89. The third-order valence-corrected chi connectivity index (χ3v) is 6.79. The van der Waals surface area contributed by atoms with Crippen molar-refractivity contribution in [2.24, 2.45) is 0 Å². The Bertz CT molecular complexity index is 1390. The second kappa shape index (κ2) is 10.8. The maximum Gasteiger partial charge on any atom is 1.00 e. The van der Waals surface area contributed by atoms with Crippen LogP contribution in [0.2, 0.25) is 0 Å². The number of hydrogen-bond donors (Lipinski definition) is 0. The molecule has 0 aliphatic heterocycles. The van der Waals surface area contributed by atoms with Gasteiger partial charge in [-0.25, -0.2) is 0 Å². The van der Waals surface area contributed by atoms with E-state index >= 15 is 0 Å². The van der Waals surface area contributed by atoms with Crippen molar-refractivity contribution < 1.29 is 20.3 Å². The average molecular weight is 455 g/mol. The van der Waals surface area contributed by atoms with Gasteiger partial charge in [-0.3, -0.25) is 0 Å². The molecule has 0 spiro atoms. The van der Waals surface area contributed by atoms with Crippen LogP contribution in [0.25, 0.3) is 22.3 Å². The van der Waals surface area contributed by atoms with Gasteiger partial charge < -0.3 is 1.43 Å². The molecule has 0 heterocycles. The SMILES string of the molecule is [H-].[Li+].c1ccc(C2=C(c3ccccc3)C(c3ccccc3)C(c3ccccc3)=C2c2ccccc2)cc1. The van der Waals surface area contributed by atoms with Crippen LogP contribution in [0, 0.1) is 0 Å². The summed E-state index contributed by atoms with van der Waals surface area (Å²) >= 11 is 0. The molecule has 0 N–H and O–H groups in total. The van der Waals surface area contributed by atoms with E-state index in [-0.39, 0.29) is 26.2 Å². The van der Waals surface area contributed by atoms with Gasteiger partial charge in [0.2, 0.25) is 0 Å². The van der Waals surface area contributed by atoms with Crippen molar-refractivity contribution in [1.29, 1.82) is 0 Å². The Balaban J connectivity index is 0.00000160. The van der Waals surface area contributed by atoms with Gasteiger partial charge in [0.15, 0.2) is 0 Å². The Hall–Kier alpha value is -3.82. The van der Waals surface area contributed by atoms with E-state index in [1.54, 1.807) is 0 Å². The number of rotatable bonds is 5. The van der Waals surface area contributed by atoms with E-state index in [9.17, 15) is 0 Å². The number of hydrogen-bond acceptors (Lipinski definition) is 0. The van der Waals surface area contributed by atoms with Gasteiger partial charge >= 0.3 is 18.9 Å². The molecule has 0 unspecified atom stereocenters. The average Bonchev–Trinajstić information content (AvgIpc) is 3.32. The third-order valence-electron chi connectivity index (χ3n) is 6.79. The second-order valence-corrected chi connectivity index (χ2v) is 8.89. The van der Waals surface area contributed by atoms with Crippen LogP contribution in [0.15, 0.2) is 152 Å². The minimum Gasteiger partial charge on any atom is -1.00 e. The van der Waals surface area contributed by atoms with Crippen LogP contribution in [0.1, 0.15) is 35.2 Å². The molecule has 168 valence electrons. The molecule has 0 bridgehead atoms. The summed E-state index contributed by atoms with van der Waals surface area (Å²) in [7, 11) is 0. The summed E-state index contributed by atoms with van der Waals surface area (Å²) in [5.74, 6) is 0.117. The molecule has 0 saturated carbocycles. The van der Waals surface area contributed by atoms with Gasteiger partial charge in [-0.05, 0) is 50.1 Å². The van der Waals surface area contributed by atoms with Gasteiger partial charge in [-0.1, -0.05) is 152 Å². The number of allylic oxidation sites excluding steroid dienone is 4. The summed E-state index contributed by atoms with van der Waals surface area (Å²) in [6.07, 6.45) is 0. The van der Waals surface area contributed by atoms with Crippen LogP contribution in [-0.2, 0) is 0 Å². The molecular formula is C35H27Li. The van der Waals surface area contributed by atoms with Crippen molar-refractivity contribution in [1.82, 2.24) is 0 Å². The van der Waals surface area contributed by atoms with Gasteiger partial charge in [0.1, 0.15) is 0 Å². The largest absolute Gasteiger partial charge is 1.00 e. The minimum absolute atomic E-state index is 0. The van der Waals surface area contributed by atoms with Gasteiger partial charge in [-0.15, -0.1) is 0 Å². The van der Waals surface area contributed by atoms with Gasteiger partial charge in [0, 0.05) is 5.92 Å². The Morgan fingerprint density at radius 2 is 0.611 bits per heavy atom. The van der Waals surface area contributed by atoms with E-state index < -0.39 is 0 Å². The summed E-state index contributed by atoms with van der Waals surface area (Å²) in [4.78, 5) is 0. The van der Waals surface area contributed by atoms with E-state index in [0.717, 1.165) is 0 Å². The fraction of sp³-hybridized carbons (Fsp3) is 0.0286. The van der Waals surface area contributed by atoms with E-state index in [1.165, 1.54) is 50.1 Å². The van der Waals surface area contributed by atoms with E-state index in [0.29, 0.717) is 0 Å². The maximum absolute atomic E-state index is 2.27. The molecule has 0 aromatic heterocycles. The van der Waals surface area contributed by atoms with Gasteiger partial charge in [-0.2, -0.15) is 0 Å². The Morgan fingerprint density at radius 1 is 0.333 bits per heavy atom. The molecule has 0 nitrogen and oxygen atoms in total. The molecule has 1 heteroatoms. The monoisotopic (exact) mass is 454 g/mol. The Labute approximate surface area is 227 Å². The van der Waals surface area contributed by atoms with Crippen LogP contribution in [-0.4, -0.2) is 0 Å². The van der Waals surface area contributed by atoms with Crippen molar-refractivity contribution in [2.45, 2.75) is 5.92 Å². The molecule has 1 aliphatic rings. The molecule has 1 aliphatic carbocycles. The summed E-state index contributed by atoms with van der Waals surface area (Å²) in [6, 6.07) is 54.5. The molecule has 36 heavy (non-hydrogen) atoms. The summed E-state index contributed by atoms with van der Waals surface area (Å²) in [5.41, 5.74) is 11.7. The topological polar surface area (TPSA) is 0 Å². The first-order valence-electron chi connectivity index (χ1n) is 12.2. The predicted octanol–water partition coefficient (Wildman–Crippen LogP) is 6.12. The van der Waals surface area contributed by atoms with E-state index in [2.05, 4.69) is 152 Å². The molecule has 0 saturated heterocycles. The molecule has 0 radical (unpaired) electrons. The third kappa shape index (κ3) is 4.43. The summed E-state index contributed by atoms with van der Waals surface area (Å²) in [5, 5.41) is 0. The van der Waals surface area contributed by atoms with E-state index in [1.807, 2.05) is 0 Å². The van der Waals surface area contributed by atoms with Gasteiger partial charge in [0.25, 0.3) is 0 Å². The molecule has 0 amide bonds. The first-order valence-corrected chi connectivity index (χ1v) is 12.2. The van der Waals surface area contributed by atoms with Crippen molar-refractivity contribution >= 4 is 22.3 Å². The summed E-state index contributed by atoms with van der Waals surface area (Å²) in [6.45, 7) is 0. The van der Waals surface area contributed by atoms with Crippen LogP contribution in [0.4, 0.5) is 0 Å². The van der Waals surface area contributed by atoms with Crippen LogP contribution < -0.4 is 18.9 Å². The molecule has 0 fully saturated rings. The zero-order valence-corrected chi connectivity index (χ0v) is 20.5. The zero-order chi connectivity index (χ0) is 23.5. The van der Waals surface area contributed by atoms with Crippen LogP contribution in [0.3, 0.4) is 0 Å². The fourth-order valence-electron chi connectivity index (χ4n) is 5.35. The van der Waals surface area contributed by atoms with Crippen LogP contribution >= 0.6 is 0 Å². The van der Waals surface area contributed by atoms with E-state index in [4.69, 9.17) is 0 Å². The fourth-order valence-corrected chi connectivity index (χ4v) is 5.35. The predicted molar refractivity (Wildman–Crippen MR) is 150 cm³/mol. The minimum atomic E-state index is 0. The van der Waals surface area contributed by atoms with Crippen molar-refractivity contribution in [3.05, 3.63) is 179 Å². The number of benzene rings is 5. The molecule has 5 aromatic rings. The smallest absolute Gasteiger partial charge is 1.00 e. The molecule has 0 atom stereocenters.